The van der Waals surface area contributed by atoms with Crippen LogP contribution in [-0.2, 0) is 6.61 Å². The van der Waals surface area contributed by atoms with E-state index in [9.17, 15) is 0 Å². The smallest absolute Gasteiger partial charge is 0.266 e. The van der Waals surface area contributed by atoms with Crippen LogP contribution in [0.4, 0.5) is 0 Å². The van der Waals surface area contributed by atoms with Crippen LogP contribution in [0, 0.1) is 0 Å². The average molecular weight is 451 g/mol. The Kier molecular flexibility index (Phi) is 6.72. The van der Waals surface area contributed by atoms with Crippen molar-refractivity contribution in [3.05, 3.63) is 68.1 Å². The Balaban J connectivity index is 1.78. The van der Waals surface area contributed by atoms with E-state index in [0.29, 0.717) is 33.2 Å². The van der Waals surface area contributed by atoms with Crippen LogP contribution < -0.4 is 10.5 Å². The molecule has 1 aliphatic heterocycles. The average Bonchev–Trinajstić information content (AvgIpc) is 3.33. The second kappa shape index (κ2) is 9.07. The second-order valence-corrected chi connectivity index (χ2v) is 8.18. The van der Waals surface area contributed by atoms with Gasteiger partial charge in [0.25, 0.3) is 5.89 Å². The highest BCUT2D eigenvalue weighted by atomic mass is 35.5. The first kappa shape index (κ1) is 21.5. The summed E-state index contributed by atoms with van der Waals surface area (Å²) in [7, 11) is 0. The van der Waals surface area contributed by atoms with Crippen molar-refractivity contribution in [1.29, 1.82) is 0 Å². The Labute approximate surface area is 183 Å². The van der Waals surface area contributed by atoms with E-state index in [-0.39, 0.29) is 6.61 Å². The third kappa shape index (κ3) is 4.69. The maximum atomic E-state index is 6.39. The molecule has 2 aromatic rings. The number of aliphatic imine (C=N–C) groups is 1. The van der Waals surface area contributed by atoms with E-state index in [4.69, 9.17) is 38.2 Å². The van der Waals surface area contributed by atoms with E-state index in [1.807, 2.05) is 20.8 Å². The largest absolute Gasteiger partial charge is 0.485 e. The first-order valence-electron chi connectivity index (χ1n) is 8.69. The SMILES string of the molecule is C=N/C(C)=C(C)\C(C)=C1/CSC(c2nc(COc3ccc(Cl)c(Cl)c3)no2)=C1N. The topological polar surface area (TPSA) is 86.5 Å². The zero-order valence-electron chi connectivity index (χ0n) is 16.3. The number of aromatic nitrogens is 2. The van der Waals surface area contributed by atoms with Crippen LogP contribution in [0.5, 0.6) is 5.75 Å². The number of allylic oxidation sites excluding steroid dienone is 4. The molecule has 0 radical (unpaired) electrons. The van der Waals surface area contributed by atoms with Crippen LogP contribution in [0.15, 0.2) is 55.8 Å². The molecule has 29 heavy (non-hydrogen) atoms. The van der Waals surface area contributed by atoms with Crippen molar-refractivity contribution < 1.29 is 9.26 Å². The molecule has 0 atom stereocenters. The Hall–Kier alpha value is -2.22. The summed E-state index contributed by atoms with van der Waals surface area (Å²) in [6, 6.07) is 5.02. The molecule has 0 fully saturated rings. The van der Waals surface area contributed by atoms with E-state index in [1.165, 1.54) is 0 Å². The molecule has 1 aliphatic rings. The fraction of sp³-hybridized carbons (Fsp3) is 0.250. The Bertz CT molecular complexity index is 1060. The predicted molar refractivity (Wildman–Crippen MR) is 119 cm³/mol. The first-order valence-corrected chi connectivity index (χ1v) is 10.4. The lowest BCUT2D eigenvalue weighted by atomic mass is 10.00. The third-order valence-electron chi connectivity index (χ3n) is 4.65. The van der Waals surface area contributed by atoms with Gasteiger partial charge in [-0.15, -0.1) is 11.8 Å². The number of benzene rings is 1. The van der Waals surface area contributed by atoms with Crippen LogP contribution >= 0.6 is 35.0 Å². The molecule has 0 unspecified atom stereocenters. The number of thioether (sulfide) groups is 1. The maximum Gasteiger partial charge on any atom is 0.266 e. The van der Waals surface area contributed by atoms with Crippen LogP contribution in [0.25, 0.3) is 4.91 Å². The normalized spacial score (nSPS) is 16.7. The van der Waals surface area contributed by atoms with Crippen LogP contribution in [0.2, 0.25) is 10.0 Å². The van der Waals surface area contributed by atoms with Gasteiger partial charge in [-0.3, -0.25) is 4.99 Å². The van der Waals surface area contributed by atoms with Gasteiger partial charge in [-0.25, -0.2) is 0 Å². The predicted octanol–water partition coefficient (Wildman–Crippen LogP) is 5.64. The van der Waals surface area contributed by atoms with Crippen molar-refractivity contribution in [3.8, 4) is 5.75 Å². The van der Waals surface area contributed by atoms with Crippen molar-refractivity contribution >= 4 is 46.6 Å². The van der Waals surface area contributed by atoms with Crippen molar-refractivity contribution in [3.63, 3.8) is 0 Å². The molecular formula is C20H20Cl2N4O2S. The van der Waals surface area contributed by atoms with Gasteiger partial charge in [0.15, 0.2) is 6.61 Å². The van der Waals surface area contributed by atoms with Crippen molar-refractivity contribution in [2.75, 3.05) is 5.75 Å². The molecule has 0 spiro atoms. The minimum atomic E-state index is 0.132. The van der Waals surface area contributed by atoms with Gasteiger partial charge >= 0.3 is 0 Å². The van der Waals surface area contributed by atoms with Crippen LogP contribution in [0.1, 0.15) is 32.5 Å². The molecule has 1 aromatic heterocycles. The number of hydrogen-bond acceptors (Lipinski definition) is 7. The molecule has 2 N–H and O–H groups in total. The van der Waals surface area contributed by atoms with Gasteiger partial charge in [-0.2, -0.15) is 4.98 Å². The summed E-state index contributed by atoms with van der Waals surface area (Å²) >= 11 is 13.5. The number of nitrogens with zero attached hydrogens (tertiary/aromatic N) is 3. The lowest BCUT2D eigenvalue weighted by Crippen LogP contribution is -2.04. The zero-order valence-corrected chi connectivity index (χ0v) is 18.6. The van der Waals surface area contributed by atoms with E-state index in [0.717, 1.165) is 33.1 Å². The summed E-state index contributed by atoms with van der Waals surface area (Å²) in [5.41, 5.74) is 11.1. The molecule has 0 saturated carbocycles. The van der Waals surface area contributed by atoms with Gasteiger partial charge in [-0.05, 0) is 56.3 Å². The van der Waals surface area contributed by atoms with Gasteiger partial charge in [0, 0.05) is 17.5 Å². The molecule has 3 rings (SSSR count). The third-order valence-corrected chi connectivity index (χ3v) is 6.50. The molecular weight excluding hydrogens is 431 g/mol. The summed E-state index contributed by atoms with van der Waals surface area (Å²) in [5, 5.41) is 4.85. The van der Waals surface area contributed by atoms with Gasteiger partial charge in [-0.1, -0.05) is 28.4 Å². The standard InChI is InChI=1S/C20H20Cl2N4O2S/c1-10(12(3)24-4)11(2)14-9-29-19(18(14)23)20-25-17(26-28-20)8-27-13-5-6-15(21)16(22)7-13/h5-7H,4,8-9,23H2,1-3H3/b12-10-,14-11+. The van der Waals surface area contributed by atoms with Crippen LogP contribution in [-0.4, -0.2) is 22.6 Å². The molecule has 152 valence electrons. The summed E-state index contributed by atoms with van der Waals surface area (Å²) in [5.74, 6) is 2.08. The van der Waals surface area contributed by atoms with Gasteiger partial charge in [0.05, 0.1) is 20.6 Å². The van der Waals surface area contributed by atoms with E-state index in [2.05, 4.69) is 21.9 Å². The lowest BCUT2D eigenvalue weighted by Gasteiger charge is -2.09. The molecule has 9 heteroatoms. The number of rotatable bonds is 6. The van der Waals surface area contributed by atoms with Gasteiger partial charge < -0.3 is 15.0 Å². The Morgan fingerprint density at radius 2 is 2.07 bits per heavy atom. The molecule has 0 saturated heterocycles. The number of hydrogen-bond donors (Lipinski definition) is 1. The minimum Gasteiger partial charge on any atom is -0.485 e. The quantitative estimate of drug-likeness (QED) is 0.572. The Morgan fingerprint density at radius 1 is 1.31 bits per heavy atom. The monoisotopic (exact) mass is 450 g/mol. The molecule has 1 aromatic carbocycles. The van der Waals surface area contributed by atoms with E-state index < -0.39 is 0 Å². The van der Waals surface area contributed by atoms with Crippen molar-refractivity contribution in [1.82, 2.24) is 10.1 Å². The van der Waals surface area contributed by atoms with E-state index in [1.54, 1.807) is 30.0 Å². The molecule has 0 amide bonds. The van der Waals surface area contributed by atoms with Gasteiger partial charge in [0.2, 0.25) is 5.82 Å². The minimum absolute atomic E-state index is 0.132. The highest BCUT2D eigenvalue weighted by Gasteiger charge is 2.26. The molecule has 2 heterocycles. The summed E-state index contributed by atoms with van der Waals surface area (Å²) in [4.78, 5) is 9.18. The summed E-state index contributed by atoms with van der Waals surface area (Å²) in [6.45, 7) is 9.68. The molecule has 6 nitrogen and oxygen atoms in total. The fourth-order valence-electron chi connectivity index (χ4n) is 2.66. The molecule has 0 bridgehead atoms. The summed E-state index contributed by atoms with van der Waals surface area (Å²) < 4.78 is 11.0. The zero-order chi connectivity index (χ0) is 21.1. The van der Waals surface area contributed by atoms with Crippen molar-refractivity contribution in [2.45, 2.75) is 27.4 Å². The van der Waals surface area contributed by atoms with Gasteiger partial charge in [0.1, 0.15) is 5.75 Å². The fourth-order valence-corrected chi connectivity index (χ4v) is 4.09. The number of ether oxygens (including phenoxy) is 1. The summed E-state index contributed by atoms with van der Waals surface area (Å²) in [6.07, 6.45) is 0. The maximum absolute atomic E-state index is 6.39. The highest BCUT2D eigenvalue weighted by Crippen LogP contribution is 2.41. The Morgan fingerprint density at radius 3 is 2.76 bits per heavy atom. The molecule has 0 aliphatic carbocycles. The first-order chi connectivity index (χ1) is 13.8. The highest BCUT2D eigenvalue weighted by molar-refractivity contribution is 8.08. The van der Waals surface area contributed by atoms with E-state index >= 15 is 0 Å². The number of nitrogens with two attached hydrogens (primary N) is 1. The van der Waals surface area contributed by atoms with Crippen molar-refractivity contribution in [2.24, 2.45) is 10.7 Å². The number of halogens is 2. The lowest BCUT2D eigenvalue weighted by molar-refractivity contribution is 0.286. The second-order valence-electron chi connectivity index (χ2n) is 6.38. The van der Waals surface area contributed by atoms with Crippen LogP contribution in [0.3, 0.4) is 0 Å².